The highest BCUT2D eigenvalue weighted by Crippen LogP contribution is 2.26. The van der Waals surface area contributed by atoms with Crippen molar-refractivity contribution in [3.8, 4) is 16.9 Å². The van der Waals surface area contributed by atoms with Crippen molar-refractivity contribution in [2.45, 2.75) is 6.92 Å². The minimum atomic E-state index is -0.292. The smallest absolute Gasteiger partial charge is 0.259 e. The molecule has 0 radical (unpaired) electrons. The summed E-state index contributed by atoms with van der Waals surface area (Å²) < 4.78 is 7.05. The van der Waals surface area contributed by atoms with E-state index in [1.807, 2.05) is 61.5 Å². The molecule has 0 saturated carbocycles. The second kappa shape index (κ2) is 9.95. The number of rotatable bonds is 5. The van der Waals surface area contributed by atoms with Crippen LogP contribution in [0.5, 0.6) is 0 Å². The Kier molecular flexibility index (Phi) is 6.41. The van der Waals surface area contributed by atoms with Gasteiger partial charge in [0.05, 0.1) is 24.5 Å². The molecule has 7 nitrogen and oxygen atoms in total. The summed E-state index contributed by atoms with van der Waals surface area (Å²) in [7, 11) is 0. The maximum atomic E-state index is 13.4. The molecule has 2 amide bonds. The van der Waals surface area contributed by atoms with Crippen molar-refractivity contribution >= 4 is 17.5 Å². The molecule has 3 aromatic carbocycles. The summed E-state index contributed by atoms with van der Waals surface area (Å²) in [5, 5.41) is 7.70. The SMILES string of the molecule is Cc1cccc(-c2nn(-c3ccccc3)cc2C(=O)Nc2cccc(C(=O)N3CCOCC3)c2)c1. The van der Waals surface area contributed by atoms with Gasteiger partial charge < -0.3 is 15.0 Å². The fraction of sp³-hybridized carbons (Fsp3) is 0.179. The van der Waals surface area contributed by atoms with Crippen LogP contribution in [-0.2, 0) is 4.74 Å². The third-order valence-electron chi connectivity index (χ3n) is 5.94. The molecule has 0 atom stereocenters. The van der Waals surface area contributed by atoms with Crippen LogP contribution in [0.25, 0.3) is 16.9 Å². The summed E-state index contributed by atoms with van der Waals surface area (Å²) in [6, 6.07) is 24.6. The van der Waals surface area contributed by atoms with Gasteiger partial charge in [-0.3, -0.25) is 9.59 Å². The lowest BCUT2D eigenvalue weighted by Gasteiger charge is -2.27. The van der Waals surface area contributed by atoms with E-state index in [2.05, 4.69) is 5.32 Å². The number of aryl methyl sites for hydroxylation is 1. The molecule has 2 heterocycles. The molecule has 1 aliphatic heterocycles. The first-order chi connectivity index (χ1) is 17.1. The standard InChI is InChI=1S/C28H26N4O3/c1-20-7-5-8-21(17-20)26-25(19-32(30-26)24-11-3-2-4-12-24)27(33)29-23-10-6-9-22(18-23)28(34)31-13-15-35-16-14-31/h2-12,17-19H,13-16H2,1H3,(H,29,33). The molecule has 0 aliphatic carbocycles. The van der Waals surface area contributed by atoms with Crippen molar-refractivity contribution in [3.63, 3.8) is 0 Å². The van der Waals surface area contributed by atoms with Gasteiger partial charge in [-0.2, -0.15) is 5.10 Å². The monoisotopic (exact) mass is 466 g/mol. The van der Waals surface area contributed by atoms with E-state index < -0.39 is 0 Å². The molecule has 1 aliphatic rings. The third-order valence-corrected chi connectivity index (χ3v) is 5.94. The van der Waals surface area contributed by atoms with E-state index in [4.69, 9.17) is 9.84 Å². The molecular weight excluding hydrogens is 440 g/mol. The Morgan fingerprint density at radius 1 is 0.914 bits per heavy atom. The van der Waals surface area contributed by atoms with Gasteiger partial charge in [0.25, 0.3) is 11.8 Å². The van der Waals surface area contributed by atoms with Crippen molar-refractivity contribution in [1.82, 2.24) is 14.7 Å². The number of carbonyl (C=O) groups is 2. The maximum absolute atomic E-state index is 13.4. The van der Waals surface area contributed by atoms with Gasteiger partial charge in [-0.1, -0.05) is 48.0 Å². The predicted octanol–water partition coefficient (Wildman–Crippen LogP) is 4.57. The first-order valence-corrected chi connectivity index (χ1v) is 11.6. The molecule has 4 aromatic rings. The van der Waals surface area contributed by atoms with Crippen molar-refractivity contribution in [3.05, 3.63) is 102 Å². The maximum Gasteiger partial charge on any atom is 0.259 e. The second-order valence-corrected chi connectivity index (χ2v) is 8.48. The van der Waals surface area contributed by atoms with Crippen LogP contribution in [0.4, 0.5) is 5.69 Å². The number of benzene rings is 3. The number of aromatic nitrogens is 2. The van der Waals surface area contributed by atoms with Crippen molar-refractivity contribution in [2.24, 2.45) is 0 Å². The van der Waals surface area contributed by atoms with E-state index in [-0.39, 0.29) is 11.8 Å². The Morgan fingerprint density at radius 2 is 1.69 bits per heavy atom. The summed E-state index contributed by atoms with van der Waals surface area (Å²) in [4.78, 5) is 28.1. The van der Waals surface area contributed by atoms with Crippen molar-refractivity contribution < 1.29 is 14.3 Å². The number of morpholine rings is 1. The molecule has 0 unspecified atom stereocenters. The minimum absolute atomic E-state index is 0.0678. The number of amides is 2. The van der Waals surface area contributed by atoms with E-state index in [0.717, 1.165) is 16.8 Å². The zero-order valence-electron chi connectivity index (χ0n) is 19.5. The van der Waals surface area contributed by atoms with Crippen LogP contribution >= 0.6 is 0 Å². The molecule has 1 saturated heterocycles. The predicted molar refractivity (Wildman–Crippen MR) is 135 cm³/mol. The fourth-order valence-corrected chi connectivity index (χ4v) is 4.14. The summed E-state index contributed by atoms with van der Waals surface area (Å²) in [6.07, 6.45) is 1.74. The van der Waals surface area contributed by atoms with Gasteiger partial charge in [-0.05, 0) is 43.3 Å². The lowest BCUT2D eigenvalue weighted by atomic mass is 10.1. The van der Waals surface area contributed by atoms with Gasteiger partial charge in [0, 0.05) is 36.1 Å². The largest absolute Gasteiger partial charge is 0.378 e. The Bertz CT molecular complexity index is 1360. The van der Waals surface area contributed by atoms with Gasteiger partial charge >= 0.3 is 0 Å². The van der Waals surface area contributed by atoms with Crippen LogP contribution in [0.2, 0.25) is 0 Å². The van der Waals surface area contributed by atoms with Gasteiger partial charge in [-0.15, -0.1) is 0 Å². The van der Waals surface area contributed by atoms with Gasteiger partial charge in [0.1, 0.15) is 5.69 Å². The Hall–Kier alpha value is -4.23. The fourth-order valence-electron chi connectivity index (χ4n) is 4.14. The molecule has 35 heavy (non-hydrogen) atoms. The van der Waals surface area contributed by atoms with Gasteiger partial charge in [0.2, 0.25) is 0 Å². The first-order valence-electron chi connectivity index (χ1n) is 11.6. The Labute approximate surface area is 204 Å². The molecule has 0 spiro atoms. The lowest BCUT2D eigenvalue weighted by molar-refractivity contribution is 0.0303. The normalized spacial score (nSPS) is 13.5. The molecule has 0 bridgehead atoms. The lowest BCUT2D eigenvalue weighted by Crippen LogP contribution is -2.40. The molecule has 1 aromatic heterocycles. The number of hydrogen-bond donors (Lipinski definition) is 1. The average molecular weight is 467 g/mol. The van der Waals surface area contributed by atoms with E-state index in [1.54, 1.807) is 40.0 Å². The topological polar surface area (TPSA) is 76.5 Å². The number of carbonyl (C=O) groups excluding carboxylic acids is 2. The summed E-state index contributed by atoms with van der Waals surface area (Å²) in [5.41, 5.74) is 4.93. The van der Waals surface area contributed by atoms with Gasteiger partial charge in [0.15, 0.2) is 0 Å². The number of para-hydroxylation sites is 1. The number of nitrogens with one attached hydrogen (secondary N) is 1. The molecular formula is C28H26N4O3. The van der Waals surface area contributed by atoms with E-state index in [1.165, 1.54) is 0 Å². The van der Waals surface area contributed by atoms with Crippen LogP contribution in [0.15, 0.2) is 85.1 Å². The second-order valence-electron chi connectivity index (χ2n) is 8.48. The quantitative estimate of drug-likeness (QED) is 0.467. The highest BCUT2D eigenvalue weighted by Gasteiger charge is 2.21. The first kappa shape index (κ1) is 22.6. The van der Waals surface area contributed by atoms with Crippen molar-refractivity contribution in [1.29, 1.82) is 0 Å². The Balaban J connectivity index is 1.45. The van der Waals surface area contributed by atoms with E-state index in [0.29, 0.717) is 48.8 Å². The molecule has 1 fully saturated rings. The number of hydrogen-bond acceptors (Lipinski definition) is 4. The Morgan fingerprint density at radius 3 is 2.46 bits per heavy atom. The van der Waals surface area contributed by atoms with E-state index >= 15 is 0 Å². The number of ether oxygens (including phenoxy) is 1. The zero-order valence-corrected chi connectivity index (χ0v) is 19.5. The van der Waals surface area contributed by atoms with Crippen LogP contribution in [0, 0.1) is 6.92 Å². The number of nitrogens with zero attached hydrogens (tertiary/aromatic N) is 3. The molecule has 7 heteroatoms. The van der Waals surface area contributed by atoms with Gasteiger partial charge in [-0.25, -0.2) is 4.68 Å². The average Bonchev–Trinajstić information content (AvgIpc) is 3.35. The van der Waals surface area contributed by atoms with Crippen LogP contribution in [0.1, 0.15) is 26.3 Å². The summed E-state index contributed by atoms with van der Waals surface area (Å²) >= 11 is 0. The molecule has 5 rings (SSSR count). The summed E-state index contributed by atoms with van der Waals surface area (Å²) in [6.45, 7) is 4.21. The number of anilines is 1. The third kappa shape index (κ3) is 5.00. The molecule has 1 N–H and O–H groups in total. The van der Waals surface area contributed by atoms with Crippen LogP contribution in [0.3, 0.4) is 0 Å². The highest BCUT2D eigenvalue weighted by atomic mass is 16.5. The van der Waals surface area contributed by atoms with Crippen LogP contribution in [-0.4, -0.2) is 52.8 Å². The molecule has 176 valence electrons. The minimum Gasteiger partial charge on any atom is -0.378 e. The van der Waals surface area contributed by atoms with E-state index in [9.17, 15) is 9.59 Å². The zero-order chi connectivity index (χ0) is 24.2. The van der Waals surface area contributed by atoms with Crippen LogP contribution < -0.4 is 5.32 Å². The highest BCUT2D eigenvalue weighted by molar-refractivity contribution is 6.08. The van der Waals surface area contributed by atoms with Crippen molar-refractivity contribution in [2.75, 3.05) is 31.6 Å². The summed E-state index contributed by atoms with van der Waals surface area (Å²) in [5.74, 6) is -0.360.